The number of aromatic hydroxyl groups is 4. The van der Waals surface area contributed by atoms with Gasteiger partial charge in [0.05, 0.1) is 0 Å². The van der Waals surface area contributed by atoms with Crippen LogP contribution in [0.5, 0.6) is 23.0 Å². The summed E-state index contributed by atoms with van der Waals surface area (Å²) in [5.41, 5.74) is 7.95. The molecule has 0 atom stereocenters. The van der Waals surface area contributed by atoms with Crippen LogP contribution in [0.1, 0.15) is 83.0 Å². The molecule has 0 fully saturated rings. The number of phenolic OH excluding ortho intramolecular Hbond substituents is 4. The van der Waals surface area contributed by atoms with Gasteiger partial charge in [0, 0.05) is 34.1 Å². The first-order chi connectivity index (χ1) is 18.0. The smallest absolute Gasteiger partial charge is 0.119 e. The van der Waals surface area contributed by atoms with Crippen LogP contribution in [0.4, 0.5) is 0 Å². The van der Waals surface area contributed by atoms with Crippen molar-refractivity contribution in [1.29, 1.82) is 0 Å². The lowest BCUT2D eigenvalue weighted by Crippen LogP contribution is -2.01. The molecule has 0 amide bonds. The maximum Gasteiger partial charge on any atom is 0.119 e. The summed E-state index contributed by atoms with van der Waals surface area (Å²) in [6.07, 6.45) is 1.65. The minimum Gasteiger partial charge on any atom is -0.508 e. The van der Waals surface area contributed by atoms with E-state index in [2.05, 4.69) is 13.8 Å². The van der Waals surface area contributed by atoms with E-state index in [4.69, 9.17) is 0 Å². The van der Waals surface area contributed by atoms with Crippen molar-refractivity contribution in [3.05, 3.63) is 117 Å². The van der Waals surface area contributed by atoms with Crippen molar-refractivity contribution in [3.8, 4) is 23.0 Å². The third-order valence-electron chi connectivity index (χ3n) is 7.05. The monoisotopic (exact) mass is 512 g/mol. The lowest BCUT2D eigenvalue weighted by atomic mass is 9.86. The van der Waals surface area contributed by atoms with E-state index in [1.807, 2.05) is 76.2 Å². The number of phenols is 4. The van der Waals surface area contributed by atoms with Crippen LogP contribution in [0.2, 0.25) is 0 Å². The quantitative estimate of drug-likeness (QED) is 0.209. The standard InChI is InChI=1S/2C17H20O2/c2*1-4-13(14-9-11(2)5-7-16(14)18)15-10-12(3)6-8-17(15)19/h2*5-10,13,18-19H,4H2,1-3H3. The van der Waals surface area contributed by atoms with Crippen molar-refractivity contribution in [1.82, 2.24) is 0 Å². The van der Waals surface area contributed by atoms with E-state index in [9.17, 15) is 20.4 Å². The van der Waals surface area contributed by atoms with Crippen molar-refractivity contribution in [2.75, 3.05) is 0 Å². The van der Waals surface area contributed by atoms with Crippen LogP contribution in [0.15, 0.2) is 72.8 Å². The van der Waals surface area contributed by atoms with Gasteiger partial charge < -0.3 is 20.4 Å². The molecule has 0 spiro atoms. The molecular formula is C34H40O4. The molecule has 0 radical (unpaired) electrons. The van der Waals surface area contributed by atoms with Gasteiger partial charge in [0.1, 0.15) is 23.0 Å². The average molecular weight is 513 g/mol. The Bertz CT molecular complexity index is 1180. The number of rotatable bonds is 6. The molecule has 4 rings (SSSR count). The van der Waals surface area contributed by atoms with Gasteiger partial charge in [0.25, 0.3) is 0 Å². The third kappa shape index (κ3) is 6.69. The fourth-order valence-electron chi connectivity index (χ4n) is 5.03. The molecule has 0 bridgehead atoms. The molecule has 0 saturated carbocycles. The van der Waals surface area contributed by atoms with Gasteiger partial charge in [-0.25, -0.2) is 0 Å². The van der Waals surface area contributed by atoms with Crippen LogP contribution in [-0.2, 0) is 0 Å². The summed E-state index contributed by atoms with van der Waals surface area (Å²) in [6.45, 7) is 12.2. The molecule has 0 aliphatic carbocycles. The van der Waals surface area contributed by atoms with Gasteiger partial charge in [-0.3, -0.25) is 0 Å². The molecule has 0 heterocycles. The summed E-state index contributed by atoms with van der Waals surface area (Å²) in [7, 11) is 0. The fraction of sp³-hybridized carbons (Fsp3) is 0.294. The molecule has 0 saturated heterocycles. The maximum absolute atomic E-state index is 10.1. The van der Waals surface area contributed by atoms with Crippen LogP contribution in [0, 0.1) is 27.7 Å². The average Bonchev–Trinajstić information content (AvgIpc) is 2.88. The van der Waals surface area contributed by atoms with Crippen LogP contribution >= 0.6 is 0 Å². The van der Waals surface area contributed by atoms with E-state index < -0.39 is 0 Å². The van der Waals surface area contributed by atoms with Gasteiger partial charge in [-0.15, -0.1) is 0 Å². The van der Waals surface area contributed by atoms with Crippen molar-refractivity contribution in [2.24, 2.45) is 0 Å². The highest BCUT2D eigenvalue weighted by molar-refractivity contribution is 5.49. The Hall–Kier alpha value is -3.92. The van der Waals surface area contributed by atoms with E-state index in [0.717, 1.165) is 57.3 Å². The second-order valence-electron chi connectivity index (χ2n) is 10.2. The van der Waals surface area contributed by atoms with Crippen molar-refractivity contribution in [2.45, 2.75) is 66.2 Å². The molecule has 0 aliphatic heterocycles. The van der Waals surface area contributed by atoms with Crippen molar-refractivity contribution < 1.29 is 20.4 Å². The van der Waals surface area contributed by atoms with Gasteiger partial charge >= 0.3 is 0 Å². The molecule has 4 heteroatoms. The highest BCUT2D eigenvalue weighted by atomic mass is 16.3. The SMILES string of the molecule is CCC(c1cc(C)ccc1O)c1cc(C)ccc1O.CCC(c1cc(C)ccc1O)c1cc(C)ccc1O. The molecular weight excluding hydrogens is 472 g/mol. The summed E-state index contributed by atoms with van der Waals surface area (Å²) in [4.78, 5) is 0. The number of benzene rings is 4. The first-order valence-electron chi connectivity index (χ1n) is 13.2. The van der Waals surface area contributed by atoms with Gasteiger partial charge in [0.15, 0.2) is 0 Å². The van der Waals surface area contributed by atoms with Gasteiger partial charge in [-0.1, -0.05) is 84.6 Å². The fourth-order valence-corrected chi connectivity index (χ4v) is 5.03. The molecule has 38 heavy (non-hydrogen) atoms. The van der Waals surface area contributed by atoms with E-state index in [1.165, 1.54) is 0 Å². The highest BCUT2D eigenvalue weighted by Crippen LogP contribution is 2.39. The minimum absolute atomic E-state index is 0.0137. The maximum atomic E-state index is 10.1. The number of hydrogen-bond donors (Lipinski definition) is 4. The predicted molar refractivity (Wildman–Crippen MR) is 156 cm³/mol. The minimum atomic E-state index is 0.0137. The Balaban J connectivity index is 0.000000211. The zero-order chi connectivity index (χ0) is 28.0. The molecule has 4 aromatic rings. The Morgan fingerprint density at radius 1 is 0.421 bits per heavy atom. The predicted octanol–water partition coefficient (Wildman–Crippen LogP) is 8.51. The van der Waals surface area contributed by atoms with Gasteiger partial charge in [-0.2, -0.15) is 0 Å². The van der Waals surface area contributed by atoms with E-state index in [0.29, 0.717) is 23.0 Å². The number of aryl methyl sites for hydroxylation is 4. The molecule has 4 aromatic carbocycles. The summed E-state index contributed by atoms with van der Waals surface area (Å²) in [6, 6.07) is 22.4. The van der Waals surface area contributed by atoms with E-state index in [1.54, 1.807) is 24.3 Å². The van der Waals surface area contributed by atoms with E-state index in [-0.39, 0.29) is 11.8 Å². The molecule has 0 aliphatic rings. The van der Waals surface area contributed by atoms with E-state index >= 15 is 0 Å². The first-order valence-corrected chi connectivity index (χ1v) is 13.2. The number of hydrogen-bond acceptors (Lipinski definition) is 4. The summed E-state index contributed by atoms with van der Waals surface area (Å²) in [5, 5.41) is 40.3. The Morgan fingerprint density at radius 3 is 0.816 bits per heavy atom. The Kier molecular flexibility index (Phi) is 9.46. The zero-order valence-electron chi connectivity index (χ0n) is 23.3. The molecule has 0 aromatic heterocycles. The Labute approximate surface area is 226 Å². The molecule has 200 valence electrons. The van der Waals surface area contributed by atoms with Gasteiger partial charge in [0.2, 0.25) is 0 Å². The largest absolute Gasteiger partial charge is 0.508 e. The van der Waals surface area contributed by atoms with Crippen LogP contribution in [-0.4, -0.2) is 20.4 Å². The Morgan fingerprint density at radius 2 is 0.632 bits per heavy atom. The molecule has 4 N–H and O–H groups in total. The second kappa shape index (κ2) is 12.6. The lowest BCUT2D eigenvalue weighted by molar-refractivity contribution is 0.451. The summed E-state index contributed by atoms with van der Waals surface area (Å²) < 4.78 is 0. The van der Waals surface area contributed by atoms with Crippen molar-refractivity contribution >= 4 is 0 Å². The first kappa shape index (κ1) is 28.6. The summed E-state index contributed by atoms with van der Waals surface area (Å²) >= 11 is 0. The zero-order valence-corrected chi connectivity index (χ0v) is 23.3. The second-order valence-corrected chi connectivity index (χ2v) is 10.2. The van der Waals surface area contributed by atoms with Crippen LogP contribution in [0.3, 0.4) is 0 Å². The molecule has 0 unspecified atom stereocenters. The summed E-state index contributed by atoms with van der Waals surface area (Å²) in [5.74, 6) is 1.19. The van der Waals surface area contributed by atoms with Crippen molar-refractivity contribution in [3.63, 3.8) is 0 Å². The van der Waals surface area contributed by atoms with Gasteiger partial charge in [-0.05, 0) is 64.8 Å². The highest BCUT2D eigenvalue weighted by Gasteiger charge is 2.20. The lowest BCUT2D eigenvalue weighted by Gasteiger charge is -2.19. The van der Waals surface area contributed by atoms with Crippen LogP contribution < -0.4 is 0 Å². The molecule has 4 nitrogen and oxygen atoms in total. The topological polar surface area (TPSA) is 80.9 Å². The normalized spacial score (nSPS) is 10.9. The third-order valence-corrected chi connectivity index (χ3v) is 7.05. The van der Waals surface area contributed by atoms with Crippen LogP contribution in [0.25, 0.3) is 0 Å².